The highest BCUT2D eigenvalue weighted by molar-refractivity contribution is 9.10. The predicted molar refractivity (Wildman–Crippen MR) is 90.0 cm³/mol. The van der Waals surface area contributed by atoms with Crippen molar-refractivity contribution in [3.05, 3.63) is 57.5 Å². The number of amides is 1. The Hall–Kier alpha value is -1.33. The van der Waals surface area contributed by atoms with E-state index in [2.05, 4.69) is 42.5 Å². The molecule has 104 valence electrons. The molecule has 0 aliphatic rings. The van der Waals surface area contributed by atoms with Gasteiger partial charge in [0.2, 0.25) is 5.91 Å². The van der Waals surface area contributed by atoms with Crippen molar-refractivity contribution in [2.45, 2.75) is 6.42 Å². The number of hydrogen-bond donors (Lipinski definition) is 2. The molecule has 0 fully saturated rings. The van der Waals surface area contributed by atoms with Crippen LogP contribution in [-0.2, 0) is 4.79 Å². The van der Waals surface area contributed by atoms with Crippen molar-refractivity contribution in [1.82, 2.24) is 0 Å². The molecule has 0 saturated heterocycles. The highest BCUT2D eigenvalue weighted by atomic mass is 79.9. The van der Waals surface area contributed by atoms with Gasteiger partial charge in [0.1, 0.15) is 0 Å². The summed E-state index contributed by atoms with van der Waals surface area (Å²) in [7, 11) is 0. The third-order valence-corrected chi connectivity index (χ3v) is 3.89. The van der Waals surface area contributed by atoms with Crippen LogP contribution in [0.2, 0.25) is 0 Å². The first-order valence-corrected chi connectivity index (χ1v) is 7.77. The van der Waals surface area contributed by atoms with E-state index in [1.165, 1.54) is 0 Å². The predicted octanol–water partition coefficient (Wildman–Crippen LogP) is 4.65. The average Bonchev–Trinajstić information content (AvgIpc) is 2.44. The van der Waals surface area contributed by atoms with Gasteiger partial charge in [-0.3, -0.25) is 4.79 Å². The molecule has 0 bridgehead atoms. The largest absolute Gasteiger partial charge is 0.385 e. The number of halogens is 2. The Morgan fingerprint density at radius 3 is 2.40 bits per heavy atom. The molecule has 2 aromatic rings. The second-order valence-corrected chi connectivity index (χ2v) is 5.98. The van der Waals surface area contributed by atoms with Crippen LogP contribution in [0.4, 0.5) is 11.4 Å². The number of hydrogen-bond acceptors (Lipinski definition) is 2. The number of carbonyl (C=O) groups excluding carboxylic acids is 1. The fourth-order valence-electron chi connectivity index (χ4n) is 1.66. The monoisotopic (exact) mass is 396 g/mol. The van der Waals surface area contributed by atoms with E-state index in [0.717, 1.165) is 20.3 Å². The van der Waals surface area contributed by atoms with E-state index in [9.17, 15) is 4.79 Å². The fraction of sp³-hybridized carbons (Fsp3) is 0.133. The number of nitrogens with one attached hydrogen (secondary N) is 2. The van der Waals surface area contributed by atoms with Crippen molar-refractivity contribution >= 4 is 49.1 Å². The summed E-state index contributed by atoms with van der Waals surface area (Å²) in [4.78, 5) is 11.8. The summed E-state index contributed by atoms with van der Waals surface area (Å²) in [6.45, 7) is 0.595. The molecule has 2 N–H and O–H groups in total. The molecule has 3 nitrogen and oxygen atoms in total. The Morgan fingerprint density at radius 1 is 1.00 bits per heavy atom. The van der Waals surface area contributed by atoms with Crippen molar-refractivity contribution < 1.29 is 4.79 Å². The second kappa shape index (κ2) is 7.45. The Bertz CT molecular complexity index is 585. The minimum Gasteiger partial charge on any atom is -0.385 e. The number of carbonyl (C=O) groups is 1. The van der Waals surface area contributed by atoms with Crippen molar-refractivity contribution in [2.24, 2.45) is 0 Å². The molecule has 0 radical (unpaired) electrons. The Morgan fingerprint density at radius 2 is 1.70 bits per heavy atom. The van der Waals surface area contributed by atoms with Crippen LogP contribution in [0, 0.1) is 0 Å². The summed E-state index contributed by atoms with van der Waals surface area (Å²) in [5.41, 5.74) is 1.79. The van der Waals surface area contributed by atoms with Gasteiger partial charge in [-0.2, -0.15) is 0 Å². The molecule has 2 rings (SSSR count). The van der Waals surface area contributed by atoms with E-state index in [0.29, 0.717) is 13.0 Å². The third-order valence-electron chi connectivity index (χ3n) is 2.67. The van der Waals surface area contributed by atoms with Crippen molar-refractivity contribution in [3.63, 3.8) is 0 Å². The number of benzene rings is 2. The molecular formula is C15H14Br2N2O. The van der Waals surface area contributed by atoms with E-state index in [-0.39, 0.29) is 5.91 Å². The van der Waals surface area contributed by atoms with Gasteiger partial charge in [0.15, 0.2) is 0 Å². The molecule has 2 aromatic carbocycles. The molecule has 0 heterocycles. The van der Waals surface area contributed by atoms with Crippen LogP contribution in [0.3, 0.4) is 0 Å². The summed E-state index contributed by atoms with van der Waals surface area (Å²) in [6, 6.07) is 15.4. The van der Waals surface area contributed by atoms with Crippen LogP contribution in [0.15, 0.2) is 57.5 Å². The topological polar surface area (TPSA) is 41.1 Å². The fourth-order valence-corrected chi connectivity index (χ4v) is 2.31. The highest BCUT2D eigenvalue weighted by Gasteiger charge is 2.04. The van der Waals surface area contributed by atoms with Crippen LogP contribution in [0.1, 0.15) is 6.42 Å². The lowest BCUT2D eigenvalue weighted by Crippen LogP contribution is -2.16. The van der Waals surface area contributed by atoms with Gasteiger partial charge in [0.25, 0.3) is 0 Å². The van der Waals surface area contributed by atoms with Crippen molar-refractivity contribution in [2.75, 3.05) is 17.2 Å². The Kier molecular flexibility index (Phi) is 5.61. The minimum atomic E-state index is -0.0125. The minimum absolute atomic E-state index is 0.0125. The summed E-state index contributed by atoms with van der Waals surface area (Å²) >= 11 is 6.79. The van der Waals surface area contributed by atoms with Gasteiger partial charge in [-0.05, 0) is 52.3 Å². The van der Waals surface area contributed by atoms with Gasteiger partial charge in [0, 0.05) is 27.6 Å². The maximum atomic E-state index is 11.8. The first kappa shape index (κ1) is 15.1. The zero-order valence-electron chi connectivity index (χ0n) is 10.7. The molecule has 0 aliphatic carbocycles. The summed E-state index contributed by atoms with van der Waals surface area (Å²) in [5.74, 6) is -0.0125. The standard InChI is InChI=1S/C15H14Br2N2O/c16-11-5-7-12(8-6-11)18-10-9-15(20)19-14-4-2-1-3-13(14)17/h1-8,18H,9-10H2,(H,19,20). The number of rotatable bonds is 5. The smallest absolute Gasteiger partial charge is 0.226 e. The molecule has 0 aliphatic heterocycles. The van der Waals surface area contributed by atoms with Gasteiger partial charge < -0.3 is 10.6 Å². The van der Waals surface area contributed by atoms with Crippen LogP contribution in [0.5, 0.6) is 0 Å². The summed E-state index contributed by atoms with van der Waals surface area (Å²) in [5, 5.41) is 6.08. The molecule has 0 aromatic heterocycles. The first-order chi connectivity index (χ1) is 9.65. The second-order valence-electron chi connectivity index (χ2n) is 4.21. The maximum Gasteiger partial charge on any atom is 0.226 e. The Balaban J connectivity index is 1.78. The zero-order chi connectivity index (χ0) is 14.4. The molecule has 0 spiro atoms. The lowest BCUT2D eigenvalue weighted by atomic mass is 10.3. The molecule has 5 heteroatoms. The van der Waals surface area contributed by atoms with Crippen molar-refractivity contribution in [3.8, 4) is 0 Å². The molecule has 0 atom stereocenters. The molecule has 1 amide bonds. The summed E-state index contributed by atoms with van der Waals surface area (Å²) in [6.07, 6.45) is 0.414. The van der Waals surface area contributed by atoms with Crippen molar-refractivity contribution in [1.29, 1.82) is 0 Å². The maximum absolute atomic E-state index is 11.8. The van der Waals surface area contributed by atoms with E-state index >= 15 is 0 Å². The number of para-hydroxylation sites is 1. The molecular weight excluding hydrogens is 384 g/mol. The first-order valence-electron chi connectivity index (χ1n) is 6.19. The van der Waals surface area contributed by atoms with Gasteiger partial charge >= 0.3 is 0 Å². The van der Waals surface area contributed by atoms with E-state index in [1.54, 1.807) is 0 Å². The van der Waals surface area contributed by atoms with E-state index in [4.69, 9.17) is 0 Å². The number of anilines is 2. The van der Waals surface area contributed by atoms with Gasteiger partial charge in [-0.25, -0.2) is 0 Å². The van der Waals surface area contributed by atoms with Crippen LogP contribution >= 0.6 is 31.9 Å². The van der Waals surface area contributed by atoms with E-state index in [1.807, 2.05) is 48.5 Å². The summed E-state index contributed by atoms with van der Waals surface area (Å²) < 4.78 is 1.92. The molecule has 0 unspecified atom stereocenters. The van der Waals surface area contributed by atoms with Crippen LogP contribution in [-0.4, -0.2) is 12.5 Å². The average molecular weight is 398 g/mol. The highest BCUT2D eigenvalue weighted by Crippen LogP contribution is 2.21. The lowest BCUT2D eigenvalue weighted by Gasteiger charge is -2.08. The SMILES string of the molecule is O=C(CCNc1ccc(Br)cc1)Nc1ccccc1Br. The molecule has 20 heavy (non-hydrogen) atoms. The quantitative estimate of drug-likeness (QED) is 0.770. The van der Waals surface area contributed by atoms with Crippen LogP contribution < -0.4 is 10.6 Å². The zero-order valence-corrected chi connectivity index (χ0v) is 13.9. The van der Waals surface area contributed by atoms with Gasteiger partial charge in [0.05, 0.1) is 5.69 Å². The van der Waals surface area contributed by atoms with Gasteiger partial charge in [-0.1, -0.05) is 28.1 Å². The lowest BCUT2D eigenvalue weighted by molar-refractivity contribution is -0.115. The Labute approximate surface area is 135 Å². The van der Waals surface area contributed by atoms with Gasteiger partial charge in [-0.15, -0.1) is 0 Å². The normalized spacial score (nSPS) is 10.1. The van der Waals surface area contributed by atoms with Crippen LogP contribution in [0.25, 0.3) is 0 Å². The van der Waals surface area contributed by atoms with E-state index < -0.39 is 0 Å². The molecule has 0 saturated carbocycles. The third kappa shape index (κ3) is 4.65.